The number of benzene rings is 3. The molecule has 5 rings (SSSR count). The van der Waals surface area contributed by atoms with Gasteiger partial charge in [-0.1, -0.05) is 24.3 Å². The molecule has 0 unspecified atom stereocenters. The predicted octanol–water partition coefficient (Wildman–Crippen LogP) is 5.46. The van der Waals surface area contributed by atoms with Gasteiger partial charge in [0.25, 0.3) is 5.91 Å². The van der Waals surface area contributed by atoms with Gasteiger partial charge in [0.2, 0.25) is 0 Å². The van der Waals surface area contributed by atoms with E-state index < -0.39 is 0 Å². The molecule has 184 valence electrons. The lowest BCUT2D eigenvalue weighted by molar-refractivity contribution is 0.102. The van der Waals surface area contributed by atoms with Crippen LogP contribution in [0.15, 0.2) is 79.3 Å². The number of hydrogen-bond acceptors (Lipinski definition) is 5. The quantitative estimate of drug-likeness (QED) is 0.382. The molecule has 1 aliphatic heterocycles. The molecule has 3 aromatic carbocycles. The molecule has 1 aromatic heterocycles. The number of carbonyl (C=O) groups is 1. The first-order chi connectivity index (χ1) is 17.4. The van der Waals surface area contributed by atoms with Crippen LogP contribution < -0.4 is 20.7 Å². The van der Waals surface area contributed by atoms with Crippen LogP contribution in [0, 0.1) is 13.8 Å². The van der Waals surface area contributed by atoms with Gasteiger partial charge in [-0.15, -0.1) is 0 Å². The van der Waals surface area contributed by atoms with Crippen molar-refractivity contribution in [3.05, 3.63) is 96.1 Å². The minimum atomic E-state index is -0.201. The second kappa shape index (κ2) is 10.3. The van der Waals surface area contributed by atoms with Gasteiger partial charge in [0.1, 0.15) is 11.5 Å². The molecule has 7 heteroatoms. The summed E-state index contributed by atoms with van der Waals surface area (Å²) in [5, 5.41) is 3.09. The van der Waals surface area contributed by atoms with E-state index in [0.29, 0.717) is 17.0 Å². The molecule has 7 nitrogen and oxygen atoms in total. The number of ether oxygens (including phenoxy) is 1. The fraction of sp³-hybridized carbons (Fsp3) is 0.241. The Kier molecular flexibility index (Phi) is 6.73. The number of amides is 1. The molecule has 4 aromatic rings. The van der Waals surface area contributed by atoms with E-state index in [1.807, 2.05) is 79.2 Å². The average Bonchev–Trinajstić information content (AvgIpc) is 3.32. The van der Waals surface area contributed by atoms with Crippen molar-refractivity contribution in [1.29, 1.82) is 0 Å². The monoisotopic (exact) mass is 481 g/mol. The molecule has 2 heterocycles. The van der Waals surface area contributed by atoms with Crippen molar-refractivity contribution in [1.82, 2.24) is 9.55 Å². The summed E-state index contributed by atoms with van der Waals surface area (Å²) >= 11 is 0. The number of piperidine rings is 1. The van der Waals surface area contributed by atoms with Crippen molar-refractivity contribution in [2.45, 2.75) is 32.7 Å². The Hall–Kier alpha value is -4.10. The van der Waals surface area contributed by atoms with Gasteiger partial charge in [-0.2, -0.15) is 0 Å². The van der Waals surface area contributed by atoms with E-state index in [2.05, 4.69) is 21.3 Å². The molecule has 0 aliphatic carbocycles. The van der Waals surface area contributed by atoms with Crippen molar-refractivity contribution in [3.63, 3.8) is 0 Å². The third-order valence-electron chi connectivity index (χ3n) is 6.41. The van der Waals surface area contributed by atoms with Crippen LogP contribution in [-0.2, 0) is 0 Å². The predicted molar refractivity (Wildman–Crippen MR) is 143 cm³/mol. The van der Waals surface area contributed by atoms with Crippen LogP contribution in [0.1, 0.15) is 34.5 Å². The highest BCUT2D eigenvalue weighted by atomic mass is 16.5. The topological polar surface area (TPSA) is 85.4 Å². The second-order valence-electron chi connectivity index (χ2n) is 9.36. The third kappa shape index (κ3) is 5.42. The number of rotatable bonds is 6. The molecule has 36 heavy (non-hydrogen) atoms. The first-order valence-corrected chi connectivity index (χ1v) is 12.3. The Labute approximate surface area is 211 Å². The molecule has 1 fully saturated rings. The number of para-hydroxylation sites is 1. The van der Waals surface area contributed by atoms with Crippen molar-refractivity contribution in [2.75, 3.05) is 23.3 Å². The number of anilines is 2. The summed E-state index contributed by atoms with van der Waals surface area (Å²) in [4.78, 5) is 20.0. The number of aromatic nitrogens is 2. The molecule has 1 atom stereocenters. The first-order valence-electron chi connectivity index (χ1n) is 12.3. The largest absolute Gasteiger partial charge is 0.457 e. The lowest BCUT2D eigenvalue weighted by atomic mass is 10.1. The maximum atomic E-state index is 13.3. The fourth-order valence-electron chi connectivity index (χ4n) is 4.48. The van der Waals surface area contributed by atoms with Crippen LogP contribution in [0.3, 0.4) is 0 Å². The second-order valence-corrected chi connectivity index (χ2v) is 9.36. The Morgan fingerprint density at radius 3 is 2.61 bits per heavy atom. The van der Waals surface area contributed by atoms with E-state index in [-0.39, 0.29) is 11.9 Å². The lowest BCUT2D eigenvalue weighted by Crippen LogP contribution is -2.42. The van der Waals surface area contributed by atoms with Gasteiger partial charge in [-0.3, -0.25) is 4.79 Å². The minimum absolute atomic E-state index is 0.145. The van der Waals surface area contributed by atoms with Gasteiger partial charge in [0, 0.05) is 42.3 Å². The number of hydrogen-bond donors (Lipinski definition) is 2. The van der Waals surface area contributed by atoms with E-state index in [1.165, 1.54) is 0 Å². The van der Waals surface area contributed by atoms with Gasteiger partial charge in [-0.05, 0) is 74.7 Å². The maximum absolute atomic E-state index is 13.3. The smallest absolute Gasteiger partial charge is 0.255 e. The van der Waals surface area contributed by atoms with Crippen LogP contribution in [0.25, 0.3) is 5.69 Å². The van der Waals surface area contributed by atoms with Gasteiger partial charge < -0.3 is 25.3 Å². The van der Waals surface area contributed by atoms with Crippen LogP contribution in [0.5, 0.6) is 11.5 Å². The molecular formula is C29H31N5O2. The molecule has 0 saturated carbocycles. The Balaban J connectivity index is 1.43. The highest BCUT2D eigenvalue weighted by molar-refractivity contribution is 6.05. The van der Waals surface area contributed by atoms with E-state index in [1.54, 1.807) is 12.4 Å². The van der Waals surface area contributed by atoms with Gasteiger partial charge >= 0.3 is 0 Å². The summed E-state index contributed by atoms with van der Waals surface area (Å²) in [6.45, 7) is 5.65. The fourth-order valence-corrected chi connectivity index (χ4v) is 4.48. The summed E-state index contributed by atoms with van der Waals surface area (Å²) in [5.41, 5.74) is 11.3. The summed E-state index contributed by atoms with van der Waals surface area (Å²) in [5.74, 6) is 1.18. The lowest BCUT2D eigenvalue weighted by Gasteiger charge is -2.33. The molecular weight excluding hydrogens is 450 g/mol. The average molecular weight is 482 g/mol. The third-order valence-corrected chi connectivity index (χ3v) is 6.41. The number of imidazole rings is 1. The number of nitrogens with zero attached hydrogens (tertiary/aromatic N) is 3. The zero-order valence-electron chi connectivity index (χ0n) is 20.6. The van der Waals surface area contributed by atoms with Gasteiger partial charge in [0.05, 0.1) is 17.7 Å². The summed E-state index contributed by atoms with van der Waals surface area (Å²) in [7, 11) is 0. The normalized spacial score (nSPS) is 15.5. The van der Waals surface area contributed by atoms with E-state index >= 15 is 0 Å². The number of carbonyl (C=O) groups excluding carboxylic acids is 1. The Morgan fingerprint density at radius 1 is 1.06 bits per heavy atom. The number of nitrogens with one attached hydrogen (secondary N) is 1. The van der Waals surface area contributed by atoms with Crippen molar-refractivity contribution >= 4 is 17.3 Å². The highest BCUT2D eigenvalue weighted by Crippen LogP contribution is 2.29. The molecule has 0 bridgehead atoms. The van der Waals surface area contributed by atoms with E-state index in [4.69, 9.17) is 10.5 Å². The van der Waals surface area contributed by atoms with Gasteiger partial charge in [0.15, 0.2) is 0 Å². The minimum Gasteiger partial charge on any atom is -0.457 e. The maximum Gasteiger partial charge on any atom is 0.255 e. The van der Waals surface area contributed by atoms with Crippen LogP contribution in [-0.4, -0.2) is 34.6 Å². The van der Waals surface area contributed by atoms with E-state index in [9.17, 15) is 4.79 Å². The van der Waals surface area contributed by atoms with Crippen molar-refractivity contribution < 1.29 is 9.53 Å². The van der Waals surface area contributed by atoms with Crippen LogP contribution in [0.4, 0.5) is 11.4 Å². The van der Waals surface area contributed by atoms with Gasteiger partial charge in [-0.25, -0.2) is 4.98 Å². The summed E-state index contributed by atoms with van der Waals surface area (Å²) in [6.07, 6.45) is 5.83. The number of aryl methyl sites for hydroxylation is 2. The molecule has 3 N–H and O–H groups in total. The molecule has 1 amide bonds. The molecule has 0 radical (unpaired) electrons. The summed E-state index contributed by atoms with van der Waals surface area (Å²) < 4.78 is 8.00. The van der Waals surface area contributed by atoms with E-state index in [0.717, 1.165) is 54.3 Å². The highest BCUT2D eigenvalue weighted by Gasteiger charge is 2.19. The molecule has 1 aliphatic rings. The molecule has 1 saturated heterocycles. The zero-order chi connectivity index (χ0) is 25.1. The van der Waals surface area contributed by atoms with Crippen LogP contribution >= 0.6 is 0 Å². The Bertz CT molecular complexity index is 1370. The van der Waals surface area contributed by atoms with Crippen LogP contribution in [0.2, 0.25) is 0 Å². The Morgan fingerprint density at radius 2 is 1.86 bits per heavy atom. The molecule has 0 spiro atoms. The summed E-state index contributed by atoms with van der Waals surface area (Å²) in [6, 6.07) is 21.3. The van der Waals surface area contributed by atoms with Crippen molar-refractivity contribution in [2.24, 2.45) is 5.73 Å². The number of nitrogens with two attached hydrogens (primary N) is 1. The van der Waals surface area contributed by atoms with Crippen molar-refractivity contribution in [3.8, 4) is 17.2 Å². The standard InChI is InChI=1S/C29H31N5O2/c1-20-10-11-22(13-28(20)36-27-8-4-3-5-9-27)29(35)32-24-14-25(33-12-6-7-23(30)18-33)16-26(15-24)34-17-21(2)31-19-34/h3-5,8-11,13-17,19,23H,6-7,12,18,30H2,1-2H3,(H,32,35)/t23-/m0/s1. The first kappa shape index (κ1) is 23.6. The zero-order valence-corrected chi connectivity index (χ0v) is 20.6. The SMILES string of the molecule is Cc1cn(-c2cc(NC(=O)c3ccc(C)c(Oc4ccccc4)c3)cc(N3CCC[C@H](N)C3)c2)cn1.